The number of fused-ring (bicyclic) bond motifs is 5. The number of ketones is 1. The molecule has 0 N–H and O–H groups in total. The molecular formula is C21H31NO2. The minimum Gasteiger partial charge on any atom is -0.295 e. The summed E-state index contributed by atoms with van der Waals surface area (Å²) >= 11 is 0. The number of allylic oxidation sites excluding steroid dienone is 1. The third kappa shape index (κ3) is 2.12. The average molecular weight is 329 g/mol. The zero-order chi connectivity index (χ0) is 17.1. The Morgan fingerprint density at radius 1 is 1.08 bits per heavy atom. The molecule has 3 nitrogen and oxygen atoms in total. The van der Waals surface area contributed by atoms with E-state index in [4.69, 9.17) is 0 Å². The Balaban J connectivity index is 1.65. The van der Waals surface area contributed by atoms with Crippen molar-refractivity contribution in [1.29, 1.82) is 0 Å². The first-order valence-electron chi connectivity index (χ1n) is 9.96. The summed E-state index contributed by atoms with van der Waals surface area (Å²) in [6.45, 7) is 6.91. The minimum absolute atomic E-state index is 0.0431. The van der Waals surface area contributed by atoms with Gasteiger partial charge in [0.25, 0.3) is 0 Å². The zero-order valence-electron chi connectivity index (χ0n) is 15.4. The highest BCUT2D eigenvalue weighted by molar-refractivity contribution is 5.91. The van der Waals surface area contributed by atoms with Gasteiger partial charge >= 0.3 is 0 Å². The molecule has 3 fully saturated rings. The standard InChI is InChI=1S/C21H31NO2/c1-13(22-24)17-6-7-18-16-5-4-14-12-15(23)8-10-20(14,2)19(16)9-11-21(17,18)3/h12-13,16-19H,4-11H2,1-3H3/t13?,16-,17+,18-,19-,20-,21+/m0/s1. The Bertz CT molecular complexity index is 597. The van der Waals surface area contributed by atoms with Crippen LogP contribution in [0.1, 0.15) is 72.1 Å². The largest absolute Gasteiger partial charge is 0.295 e. The molecular weight excluding hydrogens is 298 g/mol. The van der Waals surface area contributed by atoms with Gasteiger partial charge in [0.1, 0.15) is 0 Å². The molecule has 0 saturated heterocycles. The topological polar surface area (TPSA) is 46.5 Å². The third-order valence-corrected chi connectivity index (χ3v) is 8.78. The van der Waals surface area contributed by atoms with Gasteiger partial charge in [-0.25, -0.2) is 0 Å². The lowest BCUT2D eigenvalue weighted by Crippen LogP contribution is -2.51. The fourth-order valence-corrected chi connectivity index (χ4v) is 7.47. The summed E-state index contributed by atoms with van der Waals surface area (Å²) in [7, 11) is 0. The summed E-state index contributed by atoms with van der Waals surface area (Å²) in [5.41, 5.74) is 2.00. The molecule has 0 aromatic heterocycles. The molecule has 4 rings (SSSR count). The lowest BCUT2D eigenvalue weighted by molar-refractivity contribution is -0.117. The number of carbonyl (C=O) groups excluding carboxylic acids is 1. The zero-order valence-corrected chi connectivity index (χ0v) is 15.4. The van der Waals surface area contributed by atoms with Crippen molar-refractivity contribution < 1.29 is 4.79 Å². The van der Waals surface area contributed by atoms with Crippen LogP contribution in [0.15, 0.2) is 16.8 Å². The van der Waals surface area contributed by atoms with Crippen LogP contribution in [0.25, 0.3) is 0 Å². The second-order valence-corrected chi connectivity index (χ2v) is 9.54. The van der Waals surface area contributed by atoms with E-state index in [-0.39, 0.29) is 11.5 Å². The molecule has 0 spiro atoms. The monoisotopic (exact) mass is 329 g/mol. The van der Waals surface area contributed by atoms with E-state index in [9.17, 15) is 9.70 Å². The first kappa shape index (κ1) is 16.5. The van der Waals surface area contributed by atoms with Gasteiger partial charge in [-0.2, -0.15) is 4.91 Å². The number of nitroso groups, excluding NO2 is 1. The van der Waals surface area contributed by atoms with Gasteiger partial charge in [0.05, 0.1) is 6.04 Å². The predicted octanol–water partition coefficient (Wildman–Crippen LogP) is 5.29. The molecule has 132 valence electrons. The van der Waals surface area contributed by atoms with E-state index in [0.29, 0.717) is 17.1 Å². The van der Waals surface area contributed by atoms with E-state index in [2.05, 4.69) is 19.0 Å². The number of nitrogens with zero attached hydrogens (tertiary/aromatic N) is 1. The maximum absolute atomic E-state index is 11.9. The van der Waals surface area contributed by atoms with Crippen molar-refractivity contribution in [3.63, 3.8) is 0 Å². The van der Waals surface area contributed by atoms with E-state index in [1.165, 1.54) is 37.7 Å². The van der Waals surface area contributed by atoms with Crippen molar-refractivity contribution in [3.8, 4) is 0 Å². The van der Waals surface area contributed by atoms with Crippen molar-refractivity contribution in [1.82, 2.24) is 0 Å². The molecule has 4 aliphatic carbocycles. The van der Waals surface area contributed by atoms with Gasteiger partial charge in [-0.15, -0.1) is 0 Å². The fourth-order valence-electron chi connectivity index (χ4n) is 7.47. The highest BCUT2D eigenvalue weighted by Crippen LogP contribution is 2.67. The van der Waals surface area contributed by atoms with E-state index < -0.39 is 0 Å². The van der Waals surface area contributed by atoms with Gasteiger partial charge in [0, 0.05) is 6.42 Å². The van der Waals surface area contributed by atoms with Gasteiger partial charge in [0.15, 0.2) is 5.78 Å². The summed E-state index contributed by atoms with van der Waals surface area (Å²) in [6.07, 6.45) is 11.1. The van der Waals surface area contributed by atoms with Crippen LogP contribution in [-0.2, 0) is 4.79 Å². The molecule has 0 amide bonds. The maximum Gasteiger partial charge on any atom is 0.155 e. The summed E-state index contributed by atoms with van der Waals surface area (Å²) < 4.78 is 0. The summed E-state index contributed by atoms with van der Waals surface area (Å²) in [5, 5.41) is 3.40. The second kappa shape index (κ2) is 5.51. The van der Waals surface area contributed by atoms with Crippen LogP contribution in [0.2, 0.25) is 0 Å². The van der Waals surface area contributed by atoms with Gasteiger partial charge in [-0.3, -0.25) is 4.79 Å². The molecule has 0 aromatic carbocycles. The van der Waals surface area contributed by atoms with Crippen LogP contribution in [-0.4, -0.2) is 11.8 Å². The molecule has 0 radical (unpaired) electrons. The molecule has 4 aliphatic rings. The van der Waals surface area contributed by atoms with Crippen LogP contribution in [0, 0.1) is 39.4 Å². The normalized spacial score (nSPS) is 48.8. The number of carbonyl (C=O) groups is 1. The van der Waals surface area contributed by atoms with Crippen molar-refractivity contribution in [2.75, 3.05) is 0 Å². The number of hydrogen-bond acceptors (Lipinski definition) is 3. The van der Waals surface area contributed by atoms with Crippen molar-refractivity contribution in [2.45, 2.75) is 78.2 Å². The van der Waals surface area contributed by atoms with Gasteiger partial charge < -0.3 is 0 Å². The smallest absolute Gasteiger partial charge is 0.155 e. The molecule has 0 aromatic rings. The van der Waals surface area contributed by atoms with E-state index >= 15 is 0 Å². The van der Waals surface area contributed by atoms with Gasteiger partial charge in [-0.1, -0.05) is 24.6 Å². The molecule has 7 atom stereocenters. The Hall–Kier alpha value is -0.990. The predicted molar refractivity (Wildman–Crippen MR) is 95.5 cm³/mol. The van der Waals surface area contributed by atoms with Gasteiger partial charge in [-0.05, 0) is 92.4 Å². The lowest BCUT2D eigenvalue weighted by atomic mass is 9.46. The van der Waals surface area contributed by atoms with Crippen LogP contribution >= 0.6 is 0 Å². The van der Waals surface area contributed by atoms with Crippen LogP contribution < -0.4 is 0 Å². The number of hydrogen-bond donors (Lipinski definition) is 0. The van der Waals surface area contributed by atoms with Crippen molar-refractivity contribution in [3.05, 3.63) is 16.6 Å². The summed E-state index contributed by atoms with van der Waals surface area (Å²) in [4.78, 5) is 23.1. The SMILES string of the molecule is CC(N=O)[C@H]1CC[C@H]2[C@@H]3CCC4=CC(=O)CC[C@]4(C)[C@H]3CC[C@]12C. The molecule has 0 heterocycles. The molecule has 1 unspecified atom stereocenters. The summed E-state index contributed by atoms with van der Waals surface area (Å²) in [5.74, 6) is 3.08. The van der Waals surface area contributed by atoms with Crippen LogP contribution in [0.4, 0.5) is 0 Å². The molecule has 3 heteroatoms. The van der Waals surface area contributed by atoms with Gasteiger partial charge in [0.2, 0.25) is 0 Å². The summed E-state index contributed by atoms with van der Waals surface area (Å²) in [6, 6.07) is -0.0431. The molecule has 0 bridgehead atoms. The maximum atomic E-state index is 11.9. The van der Waals surface area contributed by atoms with Crippen molar-refractivity contribution >= 4 is 5.78 Å². The Labute approximate surface area is 145 Å². The lowest BCUT2D eigenvalue weighted by Gasteiger charge is -2.58. The first-order valence-corrected chi connectivity index (χ1v) is 9.96. The Morgan fingerprint density at radius 2 is 1.88 bits per heavy atom. The fraction of sp³-hybridized carbons (Fsp3) is 0.857. The molecule has 3 saturated carbocycles. The highest BCUT2D eigenvalue weighted by Gasteiger charge is 2.59. The van der Waals surface area contributed by atoms with E-state index in [1.807, 2.05) is 13.0 Å². The molecule has 0 aliphatic heterocycles. The Kier molecular flexibility index (Phi) is 3.78. The van der Waals surface area contributed by atoms with Crippen LogP contribution in [0.5, 0.6) is 0 Å². The molecule has 24 heavy (non-hydrogen) atoms. The highest BCUT2D eigenvalue weighted by atomic mass is 16.3. The van der Waals surface area contributed by atoms with E-state index in [0.717, 1.165) is 37.0 Å². The quantitative estimate of drug-likeness (QED) is 0.646. The Morgan fingerprint density at radius 3 is 2.62 bits per heavy atom. The second-order valence-electron chi connectivity index (χ2n) is 9.54. The first-order chi connectivity index (χ1) is 11.4. The van der Waals surface area contributed by atoms with Crippen LogP contribution in [0.3, 0.4) is 0 Å². The average Bonchev–Trinajstić information content (AvgIpc) is 2.92. The number of rotatable bonds is 2. The third-order valence-electron chi connectivity index (χ3n) is 8.78. The van der Waals surface area contributed by atoms with E-state index in [1.54, 1.807) is 0 Å². The van der Waals surface area contributed by atoms with Crippen molar-refractivity contribution in [2.24, 2.45) is 39.7 Å². The minimum atomic E-state index is -0.0431.